The van der Waals surface area contributed by atoms with Gasteiger partial charge in [0.1, 0.15) is 10.9 Å². The molecular formula is C14H14ClN3OS. The van der Waals surface area contributed by atoms with Gasteiger partial charge in [0, 0.05) is 13.2 Å². The van der Waals surface area contributed by atoms with Crippen molar-refractivity contribution in [3.05, 3.63) is 45.4 Å². The molecule has 20 heavy (non-hydrogen) atoms. The van der Waals surface area contributed by atoms with Crippen LogP contribution in [0.3, 0.4) is 0 Å². The highest BCUT2D eigenvalue weighted by Gasteiger charge is 2.09. The summed E-state index contributed by atoms with van der Waals surface area (Å²) in [4.78, 5) is 4.54. The van der Waals surface area contributed by atoms with Gasteiger partial charge < -0.3 is 10.1 Å². The lowest BCUT2D eigenvalue weighted by Crippen LogP contribution is -2.04. The van der Waals surface area contributed by atoms with Crippen LogP contribution in [-0.4, -0.2) is 11.6 Å². The SMILES string of the molecule is CCOCc1ccccc1CNc1nc(Cl)c(C#N)s1. The van der Waals surface area contributed by atoms with Crippen molar-refractivity contribution in [3.63, 3.8) is 0 Å². The average molecular weight is 308 g/mol. The van der Waals surface area contributed by atoms with Crippen molar-refractivity contribution in [2.24, 2.45) is 0 Å². The fraction of sp³-hybridized carbons (Fsp3) is 0.286. The number of nitrogens with one attached hydrogen (secondary N) is 1. The third kappa shape index (κ3) is 3.70. The third-order valence-corrected chi connectivity index (χ3v) is 4.00. The molecule has 4 nitrogen and oxygen atoms in total. The first-order valence-electron chi connectivity index (χ1n) is 6.19. The lowest BCUT2D eigenvalue weighted by atomic mass is 10.1. The highest BCUT2D eigenvalue weighted by molar-refractivity contribution is 7.16. The van der Waals surface area contributed by atoms with E-state index in [-0.39, 0.29) is 5.15 Å². The second kappa shape index (κ2) is 7.25. The van der Waals surface area contributed by atoms with E-state index in [9.17, 15) is 0 Å². The van der Waals surface area contributed by atoms with E-state index >= 15 is 0 Å². The van der Waals surface area contributed by atoms with Crippen LogP contribution in [0.5, 0.6) is 0 Å². The number of hydrogen-bond donors (Lipinski definition) is 1. The molecule has 0 spiro atoms. The fourth-order valence-electron chi connectivity index (χ4n) is 1.70. The molecule has 1 N–H and O–H groups in total. The molecule has 0 saturated carbocycles. The van der Waals surface area contributed by atoms with Crippen molar-refractivity contribution in [1.29, 1.82) is 5.26 Å². The third-order valence-electron chi connectivity index (χ3n) is 2.70. The van der Waals surface area contributed by atoms with Crippen LogP contribution in [0.25, 0.3) is 0 Å². The van der Waals surface area contributed by atoms with E-state index < -0.39 is 0 Å². The first kappa shape index (κ1) is 14.8. The minimum Gasteiger partial charge on any atom is -0.377 e. The number of benzene rings is 1. The van der Waals surface area contributed by atoms with Gasteiger partial charge in [-0.25, -0.2) is 4.98 Å². The Morgan fingerprint density at radius 1 is 1.40 bits per heavy atom. The zero-order valence-electron chi connectivity index (χ0n) is 11.0. The molecule has 2 aromatic rings. The monoisotopic (exact) mass is 307 g/mol. The van der Waals surface area contributed by atoms with E-state index in [1.165, 1.54) is 11.3 Å². The molecule has 0 amide bonds. The summed E-state index contributed by atoms with van der Waals surface area (Å²) in [6.07, 6.45) is 0. The number of anilines is 1. The van der Waals surface area contributed by atoms with Crippen LogP contribution in [0.4, 0.5) is 5.13 Å². The van der Waals surface area contributed by atoms with Crippen LogP contribution in [0.2, 0.25) is 5.15 Å². The summed E-state index contributed by atoms with van der Waals surface area (Å²) in [5.74, 6) is 0. The number of aromatic nitrogens is 1. The molecule has 0 bridgehead atoms. The van der Waals surface area contributed by atoms with E-state index in [4.69, 9.17) is 21.6 Å². The lowest BCUT2D eigenvalue weighted by molar-refractivity contribution is 0.133. The number of rotatable bonds is 6. The summed E-state index contributed by atoms with van der Waals surface area (Å²) in [5.41, 5.74) is 2.29. The molecule has 1 aromatic heterocycles. The second-order valence-corrected chi connectivity index (χ2v) is 5.37. The number of nitrogens with zero attached hydrogens (tertiary/aromatic N) is 2. The molecule has 0 atom stereocenters. The quantitative estimate of drug-likeness (QED) is 0.881. The van der Waals surface area contributed by atoms with Crippen molar-refractivity contribution in [3.8, 4) is 6.07 Å². The van der Waals surface area contributed by atoms with Gasteiger partial charge in [-0.2, -0.15) is 5.26 Å². The van der Waals surface area contributed by atoms with E-state index in [2.05, 4.69) is 10.3 Å². The van der Waals surface area contributed by atoms with Gasteiger partial charge in [-0.3, -0.25) is 0 Å². The smallest absolute Gasteiger partial charge is 0.185 e. The van der Waals surface area contributed by atoms with Crippen LogP contribution < -0.4 is 5.32 Å². The number of nitriles is 1. The molecule has 0 unspecified atom stereocenters. The zero-order valence-corrected chi connectivity index (χ0v) is 12.6. The highest BCUT2D eigenvalue weighted by atomic mass is 35.5. The predicted molar refractivity (Wildman–Crippen MR) is 80.9 cm³/mol. The zero-order chi connectivity index (χ0) is 14.4. The van der Waals surface area contributed by atoms with Gasteiger partial charge in [-0.1, -0.05) is 47.2 Å². The fourth-order valence-corrected chi connectivity index (χ4v) is 2.64. The van der Waals surface area contributed by atoms with Gasteiger partial charge in [0.15, 0.2) is 10.3 Å². The van der Waals surface area contributed by atoms with Crippen molar-refractivity contribution in [1.82, 2.24) is 4.98 Å². The maximum absolute atomic E-state index is 8.85. The molecule has 104 valence electrons. The molecule has 6 heteroatoms. The normalized spacial score (nSPS) is 10.2. The summed E-state index contributed by atoms with van der Waals surface area (Å²) in [7, 11) is 0. The Bertz CT molecular complexity index is 621. The van der Waals surface area contributed by atoms with Crippen LogP contribution in [0.1, 0.15) is 22.9 Å². The molecule has 0 fully saturated rings. The lowest BCUT2D eigenvalue weighted by Gasteiger charge is -2.09. The average Bonchev–Trinajstić information content (AvgIpc) is 2.84. The molecule has 0 radical (unpaired) electrons. The van der Waals surface area contributed by atoms with Crippen molar-refractivity contribution >= 4 is 28.1 Å². The van der Waals surface area contributed by atoms with Crippen LogP contribution in [0.15, 0.2) is 24.3 Å². The minimum absolute atomic E-state index is 0.252. The molecule has 0 aliphatic rings. The van der Waals surface area contributed by atoms with Gasteiger partial charge in [0.05, 0.1) is 6.61 Å². The topological polar surface area (TPSA) is 57.9 Å². The number of ether oxygens (including phenoxy) is 1. The Morgan fingerprint density at radius 2 is 2.15 bits per heavy atom. The number of thiazole rings is 1. The molecule has 1 aromatic carbocycles. The summed E-state index contributed by atoms with van der Waals surface area (Å²) < 4.78 is 5.45. The Kier molecular flexibility index (Phi) is 5.36. The van der Waals surface area contributed by atoms with Crippen LogP contribution in [0, 0.1) is 11.3 Å². The Labute approximate surface area is 127 Å². The van der Waals surface area contributed by atoms with Gasteiger partial charge in [0.25, 0.3) is 0 Å². The summed E-state index contributed by atoms with van der Waals surface area (Å²) >= 11 is 7.10. The van der Waals surface area contributed by atoms with Gasteiger partial charge in [-0.15, -0.1) is 0 Å². The minimum atomic E-state index is 0.252. The molecular weight excluding hydrogens is 294 g/mol. The van der Waals surface area contributed by atoms with E-state index in [1.54, 1.807) is 0 Å². The largest absolute Gasteiger partial charge is 0.377 e. The van der Waals surface area contributed by atoms with E-state index in [0.29, 0.717) is 29.8 Å². The van der Waals surface area contributed by atoms with Gasteiger partial charge in [-0.05, 0) is 18.1 Å². The Balaban J connectivity index is 2.05. The highest BCUT2D eigenvalue weighted by Crippen LogP contribution is 2.26. The maximum atomic E-state index is 8.85. The molecule has 0 aliphatic carbocycles. The van der Waals surface area contributed by atoms with Crippen molar-refractivity contribution in [2.75, 3.05) is 11.9 Å². The van der Waals surface area contributed by atoms with Gasteiger partial charge in [0.2, 0.25) is 0 Å². The predicted octanol–water partition coefficient (Wildman–Crippen LogP) is 3.82. The summed E-state index contributed by atoms with van der Waals surface area (Å²) in [6, 6.07) is 10.1. The van der Waals surface area contributed by atoms with E-state index in [1.807, 2.05) is 37.3 Å². The molecule has 0 aliphatic heterocycles. The van der Waals surface area contributed by atoms with Crippen molar-refractivity contribution < 1.29 is 4.74 Å². The Morgan fingerprint density at radius 3 is 2.80 bits per heavy atom. The standard InChI is InChI=1S/C14H14ClN3OS/c1-2-19-9-11-6-4-3-5-10(11)8-17-14-18-13(15)12(7-16)20-14/h3-6H,2,8-9H2,1H3,(H,17,18). The van der Waals surface area contributed by atoms with Gasteiger partial charge >= 0.3 is 0 Å². The van der Waals surface area contributed by atoms with Crippen molar-refractivity contribution in [2.45, 2.75) is 20.1 Å². The second-order valence-electron chi connectivity index (χ2n) is 4.01. The first-order chi connectivity index (χ1) is 9.74. The van der Waals surface area contributed by atoms with Crippen LogP contribution >= 0.6 is 22.9 Å². The molecule has 2 rings (SSSR count). The van der Waals surface area contributed by atoms with E-state index in [0.717, 1.165) is 11.1 Å². The maximum Gasteiger partial charge on any atom is 0.185 e. The number of hydrogen-bond acceptors (Lipinski definition) is 5. The molecule has 0 saturated heterocycles. The Hall–Kier alpha value is -1.61. The number of halogens is 1. The van der Waals surface area contributed by atoms with Crippen LogP contribution in [-0.2, 0) is 17.9 Å². The first-order valence-corrected chi connectivity index (χ1v) is 7.38. The summed E-state index contributed by atoms with van der Waals surface area (Å²) in [6.45, 7) is 3.88. The molecule has 1 heterocycles. The summed E-state index contributed by atoms with van der Waals surface area (Å²) in [5, 5.41) is 12.9.